The molecule has 0 aliphatic rings. The zero-order valence-corrected chi connectivity index (χ0v) is 31.2. The van der Waals surface area contributed by atoms with Crippen molar-refractivity contribution in [3.05, 3.63) is 41.5 Å². The summed E-state index contributed by atoms with van der Waals surface area (Å²) in [5, 5.41) is 2.00. The van der Waals surface area contributed by atoms with Gasteiger partial charge in [-0.1, -0.05) is 179 Å². The molecule has 0 fully saturated rings. The molecule has 0 bridgehead atoms. The van der Waals surface area contributed by atoms with E-state index in [0.29, 0.717) is 6.42 Å². The van der Waals surface area contributed by atoms with Crippen molar-refractivity contribution in [2.45, 2.75) is 186 Å². The van der Waals surface area contributed by atoms with Crippen molar-refractivity contribution >= 4 is 20.9 Å². The van der Waals surface area contributed by atoms with Gasteiger partial charge in [0.2, 0.25) is 0 Å². The number of benzene rings is 2. The normalized spacial score (nSPS) is 11.7. The Morgan fingerprint density at radius 3 is 1.33 bits per heavy atom. The van der Waals surface area contributed by atoms with Crippen LogP contribution in [0, 0.1) is 0 Å². The van der Waals surface area contributed by atoms with Crippen LogP contribution in [0.5, 0.6) is 0 Å². The topological polar surface area (TPSA) is 57.2 Å². The summed E-state index contributed by atoms with van der Waals surface area (Å²) in [5.74, 6) is 0. The zero-order valence-electron chi connectivity index (χ0n) is 28.4. The van der Waals surface area contributed by atoms with E-state index in [1.165, 1.54) is 147 Å². The third kappa shape index (κ3) is 18.4. The number of hydrogen-bond acceptors (Lipinski definition) is 3. The summed E-state index contributed by atoms with van der Waals surface area (Å²) in [6, 6.07) is 9.80. The van der Waals surface area contributed by atoms with Gasteiger partial charge in [-0.3, -0.25) is 0 Å². The van der Waals surface area contributed by atoms with Crippen LogP contribution < -0.4 is 29.6 Å². The molecule has 43 heavy (non-hydrogen) atoms. The Balaban J connectivity index is 0.00000924. The van der Waals surface area contributed by atoms with Gasteiger partial charge in [0, 0.05) is 0 Å². The fraction of sp³-hybridized carbons (Fsp3) is 0.737. The first-order valence-corrected chi connectivity index (χ1v) is 19.4. The summed E-state index contributed by atoms with van der Waals surface area (Å²) in [6.45, 7) is 4.54. The first kappa shape index (κ1) is 40.6. The van der Waals surface area contributed by atoms with Gasteiger partial charge in [0.25, 0.3) is 0 Å². The molecule has 5 heteroatoms. The summed E-state index contributed by atoms with van der Waals surface area (Å²) < 4.78 is 36.2. The molecule has 3 nitrogen and oxygen atoms in total. The van der Waals surface area contributed by atoms with E-state index in [2.05, 4.69) is 32.0 Å². The van der Waals surface area contributed by atoms with Gasteiger partial charge >= 0.3 is 29.6 Å². The smallest absolute Gasteiger partial charge is 0.744 e. The molecule has 0 spiro atoms. The van der Waals surface area contributed by atoms with Crippen molar-refractivity contribution in [2.75, 3.05) is 0 Å². The largest absolute Gasteiger partial charge is 1.00 e. The average Bonchev–Trinajstić information content (AvgIpc) is 2.97. The molecule has 0 aliphatic carbocycles. The molecule has 0 unspecified atom stereocenters. The Morgan fingerprint density at radius 2 is 0.907 bits per heavy atom. The van der Waals surface area contributed by atoms with E-state index in [1.807, 2.05) is 6.07 Å². The van der Waals surface area contributed by atoms with Gasteiger partial charge in [0.05, 0.1) is 4.90 Å². The number of fused-ring (bicyclic) bond motifs is 1. The molecular formula is C38H63NaO3S. The predicted octanol–water partition coefficient (Wildman–Crippen LogP) is 9.24. The van der Waals surface area contributed by atoms with Crippen molar-refractivity contribution in [1.29, 1.82) is 0 Å². The van der Waals surface area contributed by atoms with E-state index >= 15 is 0 Å². The summed E-state index contributed by atoms with van der Waals surface area (Å²) in [6.07, 6.45) is 33.2. The molecule has 240 valence electrons. The molecule has 0 radical (unpaired) electrons. The van der Waals surface area contributed by atoms with Crippen LogP contribution in [0.2, 0.25) is 0 Å². The summed E-state index contributed by atoms with van der Waals surface area (Å²) in [4.78, 5) is -0.0215. The Bertz CT molecular complexity index is 1070. The van der Waals surface area contributed by atoms with E-state index in [9.17, 15) is 13.0 Å². The van der Waals surface area contributed by atoms with Crippen LogP contribution in [0.3, 0.4) is 0 Å². The fourth-order valence-electron chi connectivity index (χ4n) is 6.38. The molecule has 2 aromatic carbocycles. The number of unbranched alkanes of at least 4 members (excludes halogenated alkanes) is 22. The van der Waals surface area contributed by atoms with Crippen molar-refractivity contribution in [3.8, 4) is 0 Å². The Kier molecular flexibility index (Phi) is 24.3. The van der Waals surface area contributed by atoms with E-state index in [1.54, 1.807) is 6.07 Å². The molecule has 0 atom stereocenters. The van der Waals surface area contributed by atoms with Gasteiger partial charge < -0.3 is 4.55 Å². The minimum Gasteiger partial charge on any atom is -0.744 e. The standard InChI is InChI=1S/C38H64O3S.Na/c1-3-5-7-9-11-13-15-17-19-21-23-25-27-34-29-31-36-35(33-34)30-32-38(42(39,40)41)37(36)28-26-24-22-20-18-16-14-12-10-8-6-4-2;/h29-33H,3-28H2,1-2H3,(H,39,40,41);/q;+1/p-1. The van der Waals surface area contributed by atoms with E-state index in [-0.39, 0.29) is 34.5 Å². The van der Waals surface area contributed by atoms with Crippen molar-refractivity contribution < 1.29 is 42.5 Å². The molecule has 0 amide bonds. The van der Waals surface area contributed by atoms with Crippen LogP contribution >= 0.6 is 0 Å². The minimum absolute atomic E-state index is 0. The Hall–Kier alpha value is -0.390. The third-order valence-corrected chi connectivity index (χ3v) is 9.94. The maximum absolute atomic E-state index is 12.1. The predicted molar refractivity (Wildman–Crippen MR) is 181 cm³/mol. The van der Waals surface area contributed by atoms with Crippen LogP contribution in [0.1, 0.15) is 179 Å². The zero-order chi connectivity index (χ0) is 30.3. The third-order valence-electron chi connectivity index (χ3n) is 9.02. The summed E-state index contributed by atoms with van der Waals surface area (Å²) in [5.41, 5.74) is 2.04. The van der Waals surface area contributed by atoms with Gasteiger partial charge in [-0.2, -0.15) is 0 Å². The number of hydrogen-bond donors (Lipinski definition) is 0. The van der Waals surface area contributed by atoms with Crippen LogP contribution in [-0.2, 0) is 23.0 Å². The summed E-state index contributed by atoms with van der Waals surface area (Å²) in [7, 11) is -4.49. The molecular weight excluding hydrogens is 559 g/mol. The molecule has 2 rings (SSSR count). The van der Waals surface area contributed by atoms with Crippen LogP contribution in [0.15, 0.2) is 35.2 Å². The average molecular weight is 623 g/mol. The molecule has 2 aromatic rings. The van der Waals surface area contributed by atoms with Crippen LogP contribution in [0.25, 0.3) is 10.8 Å². The van der Waals surface area contributed by atoms with Crippen LogP contribution in [0.4, 0.5) is 0 Å². The van der Waals surface area contributed by atoms with E-state index < -0.39 is 10.1 Å². The first-order chi connectivity index (χ1) is 20.5. The molecule has 0 saturated carbocycles. The molecule has 0 heterocycles. The summed E-state index contributed by atoms with van der Waals surface area (Å²) >= 11 is 0. The molecule has 0 saturated heterocycles. The second-order valence-electron chi connectivity index (χ2n) is 12.8. The SMILES string of the molecule is CCCCCCCCCCCCCCc1ccc2c(CCCCCCCCCCCCCC)c(S(=O)(=O)[O-])ccc2c1.[Na+]. The monoisotopic (exact) mass is 622 g/mol. The second-order valence-corrected chi connectivity index (χ2v) is 14.2. The maximum Gasteiger partial charge on any atom is 1.00 e. The van der Waals surface area contributed by atoms with E-state index in [0.717, 1.165) is 35.6 Å². The molecule has 0 aliphatic heterocycles. The minimum atomic E-state index is -4.49. The van der Waals surface area contributed by atoms with Crippen molar-refractivity contribution in [3.63, 3.8) is 0 Å². The van der Waals surface area contributed by atoms with Crippen LogP contribution in [-0.4, -0.2) is 13.0 Å². The maximum atomic E-state index is 12.1. The number of aryl methyl sites for hydroxylation is 2. The van der Waals surface area contributed by atoms with Crippen molar-refractivity contribution in [2.24, 2.45) is 0 Å². The van der Waals surface area contributed by atoms with Gasteiger partial charge in [-0.05, 0) is 53.6 Å². The number of rotatable bonds is 27. The molecule has 0 aromatic heterocycles. The molecule has 0 N–H and O–H groups in total. The van der Waals surface area contributed by atoms with Gasteiger partial charge in [-0.25, -0.2) is 8.42 Å². The van der Waals surface area contributed by atoms with Gasteiger partial charge in [-0.15, -0.1) is 0 Å². The second kappa shape index (κ2) is 25.8. The van der Waals surface area contributed by atoms with Gasteiger partial charge in [0.1, 0.15) is 10.1 Å². The Morgan fingerprint density at radius 1 is 0.512 bits per heavy atom. The van der Waals surface area contributed by atoms with E-state index in [4.69, 9.17) is 0 Å². The first-order valence-electron chi connectivity index (χ1n) is 18.0. The Labute approximate surface area is 288 Å². The quantitative estimate of drug-likeness (QED) is 0.0567. The van der Waals surface area contributed by atoms with Crippen molar-refractivity contribution in [1.82, 2.24) is 0 Å². The fourth-order valence-corrected chi connectivity index (χ4v) is 7.13. The van der Waals surface area contributed by atoms with Gasteiger partial charge in [0.15, 0.2) is 0 Å².